The van der Waals surface area contributed by atoms with Crippen LogP contribution < -0.4 is 15.3 Å². The Balaban J connectivity index is 0.000000429. The molecular weight excluding hydrogens is 523 g/mol. The van der Waals surface area contributed by atoms with E-state index in [4.69, 9.17) is 0 Å². The van der Waals surface area contributed by atoms with Gasteiger partial charge in [0.2, 0.25) is 0 Å². The molecule has 0 aliphatic rings. The summed E-state index contributed by atoms with van der Waals surface area (Å²) in [5.41, 5.74) is 3.82. The molecule has 0 heterocycles. The molecule has 0 aliphatic carbocycles. The van der Waals surface area contributed by atoms with Crippen LogP contribution in [0.1, 0.15) is 47.8 Å². The van der Waals surface area contributed by atoms with Gasteiger partial charge in [-0.05, 0) is 37.5 Å². The number of carbonyl (C=O) groups excluding carboxylic acids is 3. The van der Waals surface area contributed by atoms with Gasteiger partial charge in [0, 0.05) is 0 Å². The predicted octanol–water partition coefficient (Wildman–Crippen LogP) is 1.08. The zero-order chi connectivity index (χ0) is 22.7. The summed E-state index contributed by atoms with van der Waals surface area (Å²) in [7, 11) is 0. The minimum atomic E-state index is -1.12. The van der Waals surface area contributed by atoms with Crippen molar-refractivity contribution in [3.8, 4) is 0 Å². The van der Waals surface area contributed by atoms with Crippen LogP contribution >= 0.6 is 0 Å². The number of hydrogen-bond donors (Lipinski definition) is 0. The number of hydrogen-bond acceptors (Lipinski definition) is 6. The molecule has 3 aromatic rings. The van der Waals surface area contributed by atoms with Crippen molar-refractivity contribution in [3.63, 3.8) is 0 Å². The van der Waals surface area contributed by atoms with Crippen LogP contribution in [0.25, 0.3) is 0 Å². The minimum Gasteiger partial charge on any atom is -0.545 e. The summed E-state index contributed by atoms with van der Waals surface area (Å²) in [6.07, 6.45) is 0. The van der Waals surface area contributed by atoms with Crippen LogP contribution in [-0.2, 0) is 0 Å². The third-order valence-corrected chi connectivity index (χ3v) is 3.86. The van der Waals surface area contributed by atoms with Crippen molar-refractivity contribution in [1.29, 1.82) is 0 Å². The van der Waals surface area contributed by atoms with Crippen LogP contribution in [0, 0.1) is 56.4 Å². The van der Waals surface area contributed by atoms with Crippen molar-refractivity contribution in [2.45, 2.75) is 20.8 Å². The summed E-state index contributed by atoms with van der Waals surface area (Å²) in [4.78, 5) is 30.6. The van der Waals surface area contributed by atoms with Crippen LogP contribution in [0.4, 0.5) is 0 Å². The normalized spacial score (nSPS) is 9.00. The number of rotatable bonds is 3. The van der Waals surface area contributed by atoms with Crippen molar-refractivity contribution in [2.75, 3.05) is 0 Å². The second kappa shape index (κ2) is 14.3. The molecule has 0 aliphatic heterocycles. The summed E-state index contributed by atoms with van der Waals surface area (Å²) >= 11 is 0. The molecule has 156 valence electrons. The van der Waals surface area contributed by atoms with Crippen LogP contribution in [-0.4, -0.2) is 17.9 Å². The molecule has 0 fully saturated rings. The molecule has 0 atom stereocenters. The topological polar surface area (TPSA) is 120 Å². The maximum absolute atomic E-state index is 10.2. The fourth-order valence-electron chi connectivity index (χ4n) is 2.07. The van der Waals surface area contributed by atoms with E-state index in [-0.39, 0.29) is 52.3 Å². The van der Waals surface area contributed by atoms with E-state index in [0.29, 0.717) is 0 Å². The molecule has 0 amide bonds. The third-order valence-electron chi connectivity index (χ3n) is 3.86. The Hall–Kier alpha value is -2.74. The van der Waals surface area contributed by atoms with E-state index >= 15 is 0 Å². The van der Waals surface area contributed by atoms with Crippen molar-refractivity contribution >= 4 is 17.9 Å². The second-order valence-corrected chi connectivity index (χ2v) is 6.46. The van der Waals surface area contributed by atoms with Crippen molar-refractivity contribution in [1.82, 2.24) is 0 Å². The van der Waals surface area contributed by atoms with E-state index in [1.165, 1.54) is 36.4 Å². The number of carboxylic acids is 3. The first-order valence-electron chi connectivity index (χ1n) is 8.94. The van der Waals surface area contributed by atoms with E-state index in [1.807, 2.05) is 20.8 Å². The molecule has 0 N–H and O–H groups in total. The monoisotopic (exact) mass is 544 g/mol. The fraction of sp³-hybridized carbons (Fsp3) is 0.125. The molecule has 31 heavy (non-hydrogen) atoms. The third kappa shape index (κ3) is 11.3. The van der Waals surface area contributed by atoms with Crippen molar-refractivity contribution in [2.24, 2.45) is 0 Å². The van der Waals surface area contributed by atoms with Gasteiger partial charge in [-0.1, -0.05) is 89.5 Å². The summed E-state index contributed by atoms with van der Waals surface area (Å²) < 4.78 is 0. The quantitative estimate of drug-likeness (QED) is 0.487. The zero-order valence-corrected chi connectivity index (χ0v) is 21.1. The Labute approximate surface area is 209 Å². The van der Waals surface area contributed by atoms with Gasteiger partial charge in [0.25, 0.3) is 0 Å². The van der Waals surface area contributed by atoms with E-state index in [9.17, 15) is 29.7 Å². The summed E-state index contributed by atoms with van der Waals surface area (Å²) in [6.45, 7) is 5.71. The van der Waals surface area contributed by atoms with Gasteiger partial charge in [-0.25, -0.2) is 0 Å². The standard InChI is InChI=1S/3C8H8O2.La/c3*1-6-2-4-7(5-3-6)8(9)10;/h3*2-5H,1H3,(H,9,10);/q;;;+3/p-3. The van der Waals surface area contributed by atoms with E-state index in [2.05, 4.69) is 0 Å². The molecule has 0 radical (unpaired) electrons. The molecule has 0 saturated carbocycles. The Morgan fingerprint density at radius 2 is 0.613 bits per heavy atom. The molecule has 0 saturated heterocycles. The minimum absolute atomic E-state index is 0. The first kappa shape index (κ1) is 28.3. The van der Waals surface area contributed by atoms with Crippen LogP contribution in [0.15, 0.2) is 72.8 Å². The summed E-state index contributed by atoms with van der Waals surface area (Å²) in [5.74, 6) is -3.37. The number of carbonyl (C=O) groups is 3. The van der Waals surface area contributed by atoms with Crippen LogP contribution in [0.2, 0.25) is 0 Å². The molecule has 0 spiro atoms. The molecule has 3 rings (SSSR count). The van der Waals surface area contributed by atoms with Gasteiger partial charge in [-0.2, -0.15) is 0 Å². The first-order chi connectivity index (χ1) is 14.1. The van der Waals surface area contributed by atoms with Crippen LogP contribution in [0.5, 0.6) is 0 Å². The molecule has 3 aromatic carbocycles. The maximum atomic E-state index is 10.2. The van der Waals surface area contributed by atoms with Crippen LogP contribution in [0.3, 0.4) is 0 Å². The average molecular weight is 544 g/mol. The van der Waals surface area contributed by atoms with Gasteiger partial charge in [0.05, 0.1) is 17.9 Å². The second-order valence-electron chi connectivity index (χ2n) is 6.46. The molecule has 6 nitrogen and oxygen atoms in total. The SMILES string of the molecule is Cc1ccc(C(=O)[O-])cc1.Cc1ccc(C(=O)[O-])cc1.Cc1ccc(C(=O)[O-])cc1.[La+3]. The Kier molecular flexibility index (Phi) is 13.0. The Morgan fingerprint density at radius 3 is 0.742 bits per heavy atom. The van der Waals surface area contributed by atoms with Gasteiger partial charge in [0.1, 0.15) is 0 Å². The summed E-state index contributed by atoms with van der Waals surface area (Å²) in [5, 5.41) is 30.6. The first-order valence-corrected chi connectivity index (χ1v) is 8.94. The molecular formula is C24H21LaO6. The molecule has 0 unspecified atom stereocenters. The van der Waals surface area contributed by atoms with Crippen molar-refractivity contribution < 1.29 is 65.3 Å². The summed E-state index contributed by atoms with van der Waals surface area (Å²) in [6, 6.07) is 19.6. The number of carboxylic acid groups (broad SMARTS) is 3. The van der Waals surface area contributed by atoms with Gasteiger partial charge in [0.15, 0.2) is 0 Å². The van der Waals surface area contributed by atoms with Gasteiger partial charge in [-0.15, -0.1) is 0 Å². The van der Waals surface area contributed by atoms with E-state index in [1.54, 1.807) is 36.4 Å². The maximum Gasteiger partial charge on any atom is 3.00 e. The smallest absolute Gasteiger partial charge is 0.545 e. The van der Waals surface area contributed by atoms with Gasteiger partial charge in [-0.3, -0.25) is 0 Å². The zero-order valence-electron chi connectivity index (χ0n) is 17.5. The fourth-order valence-corrected chi connectivity index (χ4v) is 2.07. The largest absolute Gasteiger partial charge is 3.00 e. The van der Waals surface area contributed by atoms with Gasteiger partial charge < -0.3 is 29.7 Å². The number of aryl methyl sites for hydroxylation is 3. The number of benzene rings is 3. The Morgan fingerprint density at radius 1 is 0.452 bits per heavy atom. The molecule has 7 heteroatoms. The van der Waals surface area contributed by atoms with E-state index < -0.39 is 17.9 Å². The number of aromatic carboxylic acids is 3. The van der Waals surface area contributed by atoms with E-state index in [0.717, 1.165) is 16.7 Å². The van der Waals surface area contributed by atoms with Gasteiger partial charge >= 0.3 is 35.6 Å². The predicted molar refractivity (Wildman–Crippen MR) is 107 cm³/mol. The molecule has 0 aromatic heterocycles. The molecule has 0 bridgehead atoms. The van der Waals surface area contributed by atoms with Crippen molar-refractivity contribution in [3.05, 3.63) is 106 Å². The average Bonchev–Trinajstić information content (AvgIpc) is 2.70. The Bertz CT molecular complexity index is 846.